The summed E-state index contributed by atoms with van der Waals surface area (Å²) in [7, 11) is 0. The molecule has 0 spiro atoms. The molecule has 8 heteroatoms. The van der Waals surface area contributed by atoms with Gasteiger partial charge in [0.2, 0.25) is 0 Å². The highest BCUT2D eigenvalue weighted by molar-refractivity contribution is 5.81. The van der Waals surface area contributed by atoms with Crippen LogP contribution in [0.25, 0.3) is 11.4 Å². The van der Waals surface area contributed by atoms with Crippen LogP contribution < -0.4 is 10.5 Å². The average molecular weight is 375 g/mol. The van der Waals surface area contributed by atoms with Gasteiger partial charge in [-0.05, 0) is 24.5 Å². The Morgan fingerprint density at radius 2 is 2.15 bits per heavy atom. The molecule has 2 aliphatic rings. The van der Waals surface area contributed by atoms with Crippen LogP contribution >= 0.6 is 0 Å². The number of nitrogens with zero attached hydrogens (tertiary/aromatic N) is 2. The summed E-state index contributed by atoms with van der Waals surface area (Å²) in [4.78, 5) is 27.3. The van der Waals surface area contributed by atoms with E-state index in [1.165, 1.54) is 4.90 Å². The molecule has 0 bridgehead atoms. The van der Waals surface area contributed by atoms with Crippen LogP contribution in [0.2, 0.25) is 0 Å². The quantitative estimate of drug-likeness (QED) is 0.838. The number of likely N-dealkylation sites (tertiary alicyclic amines) is 1. The summed E-state index contributed by atoms with van der Waals surface area (Å²) in [6.07, 6.45) is 3.14. The highest BCUT2D eigenvalue weighted by Crippen LogP contribution is 2.30. The van der Waals surface area contributed by atoms with Crippen LogP contribution in [-0.4, -0.2) is 46.3 Å². The number of benzene rings is 1. The van der Waals surface area contributed by atoms with Crippen LogP contribution in [0.1, 0.15) is 32.1 Å². The Kier molecular flexibility index (Phi) is 4.96. The van der Waals surface area contributed by atoms with E-state index in [1.54, 1.807) is 24.3 Å². The third-order valence-corrected chi connectivity index (χ3v) is 5.29. The standard InChI is InChI=1S/C19H22FN3O4/c20-16(8-12-4-1-2-5-12)18(24)23-10-15(11-23)26-14-7-3-6-13(9-14)17-21-19(25)27-22-17/h3,6-7,9,12,15-16H,1-2,4-5,8,10-11H2,(H,21,22,25). The van der Waals surface area contributed by atoms with Crippen molar-refractivity contribution in [1.29, 1.82) is 0 Å². The van der Waals surface area contributed by atoms with E-state index in [2.05, 4.69) is 14.7 Å². The minimum atomic E-state index is -1.40. The number of alkyl halides is 1. The number of H-pyrrole nitrogens is 1. The molecule has 1 unspecified atom stereocenters. The van der Waals surface area contributed by atoms with E-state index in [1.807, 2.05) is 0 Å². The average Bonchev–Trinajstić information content (AvgIpc) is 3.29. The Bertz CT molecular complexity index is 852. The van der Waals surface area contributed by atoms with Gasteiger partial charge in [0.05, 0.1) is 13.1 Å². The van der Waals surface area contributed by atoms with Crippen molar-refractivity contribution in [3.63, 3.8) is 0 Å². The first-order chi connectivity index (χ1) is 13.1. The molecule has 4 rings (SSSR count). The monoisotopic (exact) mass is 375 g/mol. The van der Waals surface area contributed by atoms with Gasteiger partial charge in [0.25, 0.3) is 5.91 Å². The third kappa shape index (κ3) is 4.04. The van der Waals surface area contributed by atoms with Crippen molar-refractivity contribution in [2.75, 3.05) is 13.1 Å². The lowest BCUT2D eigenvalue weighted by Gasteiger charge is -2.39. The van der Waals surface area contributed by atoms with E-state index in [4.69, 9.17) is 4.74 Å². The number of amides is 1. The molecule has 1 saturated carbocycles. The van der Waals surface area contributed by atoms with Crippen molar-refractivity contribution < 1.29 is 18.4 Å². The number of carbonyl (C=O) groups excluding carboxylic acids is 1. The zero-order chi connectivity index (χ0) is 18.8. The van der Waals surface area contributed by atoms with Gasteiger partial charge in [-0.2, -0.15) is 0 Å². The number of nitrogens with one attached hydrogen (secondary N) is 1. The topological polar surface area (TPSA) is 88.4 Å². The molecular formula is C19H22FN3O4. The SMILES string of the molecule is O=C(C(F)CC1CCCC1)N1CC(Oc2cccc(-c3noc(=O)[nH]3)c2)C1. The van der Waals surface area contributed by atoms with Crippen LogP contribution in [0.5, 0.6) is 5.75 Å². The normalized spacial score (nSPS) is 19.1. The first kappa shape index (κ1) is 17.8. The van der Waals surface area contributed by atoms with Crippen LogP contribution in [0.15, 0.2) is 33.6 Å². The van der Waals surface area contributed by atoms with Gasteiger partial charge < -0.3 is 9.64 Å². The van der Waals surface area contributed by atoms with Crippen molar-refractivity contribution in [1.82, 2.24) is 15.0 Å². The molecule has 0 radical (unpaired) electrons. The molecule has 1 aliphatic carbocycles. The fourth-order valence-electron chi connectivity index (χ4n) is 3.79. The van der Waals surface area contributed by atoms with Crippen LogP contribution in [0, 0.1) is 5.92 Å². The fourth-order valence-corrected chi connectivity index (χ4v) is 3.79. The van der Waals surface area contributed by atoms with Crippen LogP contribution in [-0.2, 0) is 4.79 Å². The summed E-state index contributed by atoms with van der Waals surface area (Å²) in [5, 5.41) is 3.64. The number of hydrogen-bond donors (Lipinski definition) is 1. The second-order valence-corrected chi connectivity index (χ2v) is 7.31. The van der Waals surface area contributed by atoms with Gasteiger partial charge in [0.15, 0.2) is 12.0 Å². The number of halogens is 1. The lowest BCUT2D eigenvalue weighted by atomic mass is 9.99. The summed E-state index contributed by atoms with van der Waals surface area (Å²) in [6.45, 7) is 0.768. The van der Waals surface area contributed by atoms with Gasteiger partial charge in [-0.1, -0.05) is 43.0 Å². The highest BCUT2D eigenvalue weighted by atomic mass is 19.1. The maximum Gasteiger partial charge on any atom is 0.439 e. The van der Waals surface area contributed by atoms with Gasteiger partial charge >= 0.3 is 5.76 Å². The zero-order valence-corrected chi connectivity index (χ0v) is 14.9. The molecule has 1 aliphatic heterocycles. The summed E-state index contributed by atoms with van der Waals surface area (Å²) in [5.41, 5.74) is 0.658. The van der Waals surface area contributed by atoms with E-state index >= 15 is 0 Å². The number of aromatic amines is 1. The molecule has 1 aromatic carbocycles. The predicted molar refractivity (Wildman–Crippen MR) is 95.0 cm³/mol. The van der Waals surface area contributed by atoms with Crippen molar-refractivity contribution in [3.8, 4) is 17.1 Å². The Labute approximate surface area is 155 Å². The first-order valence-electron chi connectivity index (χ1n) is 9.34. The molecule has 1 N–H and O–H groups in total. The smallest absolute Gasteiger partial charge is 0.439 e. The molecule has 2 aromatic rings. The van der Waals surface area contributed by atoms with Crippen molar-refractivity contribution in [2.45, 2.75) is 44.4 Å². The second kappa shape index (κ2) is 7.54. The maximum absolute atomic E-state index is 14.2. The zero-order valence-electron chi connectivity index (χ0n) is 14.9. The van der Waals surface area contributed by atoms with E-state index in [0.717, 1.165) is 25.7 Å². The lowest BCUT2D eigenvalue weighted by Crippen LogP contribution is -2.58. The molecule has 7 nitrogen and oxygen atoms in total. The van der Waals surface area contributed by atoms with E-state index in [-0.39, 0.29) is 6.10 Å². The molecule has 2 heterocycles. The highest BCUT2D eigenvalue weighted by Gasteiger charge is 2.37. The molecule has 1 aromatic heterocycles. The lowest BCUT2D eigenvalue weighted by molar-refractivity contribution is -0.146. The van der Waals surface area contributed by atoms with Gasteiger partial charge in [0, 0.05) is 5.56 Å². The van der Waals surface area contributed by atoms with Crippen LogP contribution in [0.3, 0.4) is 0 Å². The van der Waals surface area contributed by atoms with Gasteiger partial charge in [0.1, 0.15) is 11.9 Å². The minimum absolute atomic E-state index is 0.167. The number of hydrogen-bond acceptors (Lipinski definition) is 5. The fraction of sp³-hybridized carbons (Fsp3) is 0.526. The largest absolute Gasteiger partial charge is 0.487 e. The van der Waals surface area contributed by atoms with E-state index in [0.29, 0.717) is 42.6 Å². The molecule has 1 amide bonds. The molecule has 2 fully saturated rings. The first-order valence-corrected chi connectivity index (χ1v) is 9.34. The van der Waals surface area contributed by atoms with Crippen molar-refractivity contribution >= 4 is 5.91 Å². The Morgan fingerprint density at radius 1 is 1.37 bits per heavy atom. The van der Waals surface area contributed by atoms with Crippen molar-refractivity contribution in [3.05, 3.63) is 34.8 Å². The number of ether oxygens (including phenoxy) is 1. The van der Waals surface area contributed by atoms with E-state index < -0.39 is 17.8 Å². The summed E-state index contributed by atoms with van der Waals surface area (Å²) in [6, 6.07) is 7.06. The van der Waals surface area contributed by atoms with Crippen molar-refractivity contribution in [2.24, 2.45) is 5.92 Å². The number of rotatable bonds is 6. The number of carbonyl (C=O) groups is 1. The van der Waals surface area contributed by atoms with Crippen LogP contribution in [0.4, 0.5) is 4.39 Å². The predicted octanol–water partition coefficient (Wildman–Crippen LogP) is 2.54. The van der Waals surface area contributed by atoms with Gasteiger partial charge in [-0.15, -0.1) is 0 Å². The second-order valence-electron chi connectivity index (χ2n) is 7.31. The molecular weight excluding hydrogens is 353 g/mol. The summed E-state index contributed by atoms with van der Waals surface area (Å²) < 4.78 is 24.6. The summed E-state index contributed by atoms with van der Waals surface area (Å²) in [5.74, 6) is 0.223. The number of aromatic nitrogens is 2. The van der Waals surface area contributed by atoms with Gasteiger partial charge in [-0.3, -0.25) is 14.3 Å². The Balaban J connectivity index is 1.28. The Hall–Kier alpha value is -2.64. The maximum atomic E-state index is 14.2. The minimum Gasteiger partial charge on any atom is -0.487 e. The van der Waals surface area contributed by atoms with E-state index in [9.17, 15) is 14.0 Å². The third-order valence-electron chi connectivity index (χ3n) is 5.29. The Morgan fingerprint density at radius 3 is 2.85 bits per heavy atom. The summed E-state index contributed by atoms with van der Waals surface area (Å²) >= 11 is 0. The molecule has 1 saturated heterocycles. The van der Waals surface area contributed by atoms with Gasteiger partial charge in [-0.25, -0.2) is 9.18 Å². The molecule has 1 atom stereocenters. The molecule has 144 valence electrons. The molecule has 27 heavy (non-hydrogen) atoms.